The van der Waals surface area contributed by atoms with Crippen molar-refractivity contribution in [3.05, 3.63) is 96.1 Å². The molecule has 4 rings (SSSR count). The number of aromatic nitrogens is 4. The fraction of sp³-hybridized carbons (Fsp3) is 0.286. The van der Waals surface area contributed by atoms with E-state index in [4.69, 9.17) is 14.7 Å². The predicted molar refractivity (Wildman–Crippen MR) is 139 cm³/mol. The summed E-state index contributed by atoms with van der Waals surface area (Å²) in [6, 6.07) is 16.8. The van der Waals surface area contributed by atoms with Crippen LogP contribution < -0.4 is 9.13 Å². The second-order valence-corrected chi connectivity index (χ2v) is 8.73. The van der Waals surface area contributed by atoms with Gasteiger partial charge in [-0.15, -0.1) is 0 Å². The maximum atomic E-state index is 5.56. The zero-order valence-electron chi connectivity index (χ0n) is 21.4. The Hall–Kier alpha value is -4.00. The van der Waals surface area contributed by atoms with Gasteiger partial charge in [-0.3, -0.25) is 0 Å². The van der Waals surface area contributed by atoms with Crippen LogP contribution in [0.5, 0.6) is 0 Å². The molecule has 2 heterocycles. The first kappa shape index (κ1) is 24.1. The molecule has 2 aromatic carbocycles. The second-order valence-electron chi connectivity index (χ2n) is 8.73. The van der Waals surface area contributed by atoms with Gasteiger partial charge >= 0.3 is 17.5 Å². The Morgan fingerprint density at radius 2 is 1.26 bits per heavy atom. The number of benzene rings is 2. The lowest BCUT2D eigenvalue weighted by atomic mass is 10.0. The average molecular weight is 471 g/mol. The molecule has 0 unspecified atom stereocenters. The van der Waals surface area contributed by atoms with E-state index in [1.807, 2.05) is 47.8 Å². The molecule has 0 bridgehead atoms. The van der Waals surface area contributed by atoms with E-state index in [1.54, 1.807) is 7.11 Å². The Kier molecular flexibility index (Phi) is 7.25. The van der Waals surface area contributed by atoms with E-state index < -0.39 is 0 Å². The summed E-state index contributed by atoms with van der Waals surface area (Å²) in [5, 5.41) is 0. The summed E-state index contributed by atoms with van der Waals surface area (Å²) in [6.07, 6.45) is 9.79. The molecule has 0 amide bonds. The maximum absolute atomic E-state index is 5.56. The lowest BCUT2D eigenvalue weighted by Gasteiger charge is -2.06. The number of imidazole rings is 2. The quantitative estimate of drug-likeness (QED) is 0.230. The van der Waals surface area contributed by atoms with Crippen molar-refractivity contribution in [3.63, 3.8) is 0 Å². The van der Waals surface area contributed by atoms with E-state index >= 15 is 0 Å². The molecular weight excluding hydrogens is 436 g/mol. The maximum Gasteiger partial charge on any atom is 0.344 e. The van der Waals surface area contributed by atoms with Crippen molar-refractivity contribution in [1.82, 2.24) is 9.13 Å². The molecular formula is C28H34N6O+2. The first-order valence-electron chi connectivity index (χ1n) is 11.8. The molecule has 0 aliphatic rings. The zero-order chi connectivity index (χ0) is 24.9. The Morgan fingerprint density at radius 3 is 1.69 bits per heavy atom. The van der Waals surface area contributed by atoms with Crippen molar-refractivity contribution < 1.29 is 13.9 Å². The molecule has 4 aromatic rings. The molecule has 7 nitrogen and oxygen atoms in total. The van der Waals surface area contributed by atoms with Gasteiger partial charge in [0.1, 0.15) is 30.5 Å². The van der Waals surface area contributed by atoms with Crippen LogP contribution in [0.15, 0.2) is 83.3 Å². The van der Waals surface area contributed by atoms with Gasteiger partial charge < -0.3 is 4.74 Å². The van der Waals surface area contributed by atoms with Gasteiger partial charge in [-0.25, -0.2) is 28.3 Å². The minimum atomic E-state index is 0.583. The first-order valence-corrected chi connectivity index (χ1v) is 11.8. The highest BCUT2D eigenvalue weighted by atomic mass is 16.5. The van der Waals surface area contributed by atoms with Crippen LogP contribution in [0.1, 0.15) is 36.1 Å². The summed E-state index contributed by atoms with van der Waals surface area (Å²) >= 11 is 0. The van der Waals surface area contributed by atoms with Crippen LogP contribution in [0.2, 0.25) is 0 Å². The van der Waals surface area contributed by atoms with Gasteiger partial charge in [0.25, 0.3) is 0 Å². The van der Waals surface area contributed by atoms with E-state index in [1.165, 1.54) is 11.1 Å². The molecule has 0 radical (unpaired) electrons. The van der Waals surface area contributed by atoms with E-state index in [0.717, 1.165) is 41.6 Å². The van der Waals surface area contributed by atoms with Crippen molar-refractivity contribution in [2.24, 2.45) is 38.2 Å². The largest absolute Gasteiger partial charge is 0.475 e. The van der Waals surface area contributed by atoms with Crippen LogP contribution in [-0.4, -0.2) is 27.9 Å². The third-order valence-electron chi connectivity index (χ3n) is 6.12. The summed E-state index contributed by atoms with van der Waals surface area (Å²) in [4.78, 5) is 9.62. The summed E-state index contributed by atoms with van der Waals surface area (Å²) in [5.41, 5.74) is 5.38. The van der Waals surface area contributed by atoms with E-state index in [9.17, 15) is 0 Å². The van der Waals surface area contributed by atoms with Crippen LogP contribution >= 0.6 is 0 Å². The van der Waals surface area contributed by atoms with Gasteiger partial charge in [0.2, 0.25) is 0 Å². The minimum absolute atomic E-state index is 0.583. The van der Waals surface area contributed by atoms with Crippen molar-refractivity contribution in [2.45, 2.75) is 19.8 Å². The smallest absolute Gasteiger partial charge is 0.344 e. The molecule has 0 spiro atoms. The van der Waals surface area contributed by atoms with Crippen LogP contribution in [0.4, 0.5) is 11.4 Å². The van der Waals surface area contributed by atoms with Gasteiger partial charge in [-0.1, -0.05) is 31.2 Å². The first-order chi connectivity index (χ1) is 16.9. The van der Waals surface area contributed by atoms with Crippen LogP contribution in [0, 0.1) is 0 Å². The molecule has 0 saturated carbocycles. The van der Waals surface area contributed by atoms with E-state index in [2.05, 4.69) is 78.9 Å². The summed E-state index contributed by atoms with van der Waals surface area (Å²) in [6.45, 7) is 2.14. The monoisotopic (exact) mass is 470 g/mol. The highest BCUT2D eigenvalue weighted by Crippen LogP contribution is 2.20. The van der Waals surface area contributed by atoms with Crippen LogP contribution in [0.3, 0.4) is 0 Å². The van der Waals surface area contributed by atoms with Gasteiger partial charge in [0.15, 0.2) is 0 Å². The Bertz CT molecular complexity index is 1210. The minimum Gasteiger partial charge on any atom is -0.475 e. The SMILES string of the molecule is CCC(=Nc1ccc(Cc2ccc(N=C(OC)c3n(C)cc[n+]3C)cc2)cc1)c1n(C)cc[n+]1C. The number of aliphatic imine (C=N–C) groups is 2. The molecule has 2 aromatic heterocycles. The Morgan fingerprint density at radius 1 is 0.771 bits per heavy atom. The van der Waals surface area contributed by atoms with Gasteiger partial charge in [0.05, 0.1) is 46.7 Å². The fourth-order valence-electron chi connectivity index (χ4n) is 4.25. The molecule has 7 heteroatoms. The lowest BCUT2D eigenvalue weighted by molar-refractivity contribution is -0.672. The summed E-state index contributed by atoms with van der Waals surface area (Å²) in [7, 11) is 9.72. The topological polar surface area (TPSA) is 51.6 Å². The van der Waals surface area contributed by atoms with Gasteiger partial charge in [0, 0.05) is 0 Å². The van der Waals surface area contributed by atoms with Gasteiger partial charge in [-0.05, 0) is 48.2 Å². The molecule has 0 fully saturated rings. The Labute approximate surface area is 207 Å². The highest BCUT2D eigenvalue weighted by molar-refractivity contribution is 5.98. The van der Waals surface area contributed by atoms with Gasteiger partial charge in [-0.2, -0.15) is 0 Å². The van der Waals surface area contributed by atoms with Crippen LogP contribution in [0.25, 0.3) is 0 Å². The van der Waals surface area contributed by atoms with E-state index in [-0.39, 0.29) is 0 Å². The van der Waals surface area contributed by atoms with Crippen molar-refractivity contribution in [3.8, 4) is 0 Å². The molecule has 0 saturated heterocycles. The van der Waals surface area contributed by atoms with Crippen molar-refractivity contribution >= 4 is 23.0 Å². The van der Waals surface area contributed by atoms with E-state index in [0.29, 0.717) is 5.90 Å². The number of ether oxygens (including phenoxy) is 1. The number of aryl methyl sites for hydroxylation is 4. The molecule has 0 N–H and O–H groups in total. The number of rotatable bonds is 7. The predicted octanol–water partition coefficient (Wildman–Crippen LogP) is 3.86. The standard InChI is InChI=1S/C28H34N6O/c1-7-25(27-31(2)16-17-32(27)3)29-23-12-8-21(9-13-23)20-22-10-14-24(15-11-22)30-26(35-6)28-33(4)18-19-34(28)5/h8-19H,7,20H2,1-6H3/q+2. The number of hydrogen-bond acceptors (Lipinski definition) is 3. The van der Waals surface area contributed by atoms with Crippen molar-refractivity contribution in [1.29, 1.82) is 0 Å². The summed E-state index contributed by atoms with van der Waals surface area (Å²) in [5.74, 6) is 2.61. The number of hydrogen-bond donors (Lipinski definition) is 0. The normalized spacial score (nSPS) is 12.3. The average Bonchev–Trinajstić information content (AvgIpc) is 3.38. The number of methoxy groups -OCH3 is 1. The molecule has 180 valence electrons. The molecule has 0 aliphatic heterocycles. The molecule has 0 atom stereocenters. The third-order valence-corrected chi connectivity index (χ3v) is 6.12. The highest BCUT2D eigenvalue weighted by Gasteiger charge is 2.20. The Balaban J connectivity index is 1.47. The molecule has 0 aliphatic carbocycles. The van der Waals surface area contributed by atoms with Crippen molar-refractivity contribution in [2.75, 3.05) is 7.11 Å². The fourth-order valence-corrected chi connectivity index (χ4v) is 4.25. The summed E-state index contributed by atoms with van der Waals surface area (Å²) < 4.78 is 13.8. The van der Waals surface area contributed by atoms with Crippen LogP contribution in [-0.2, 0) is 39.3 Å². The second kappa shape index (κ2) is 10.5. The lowest BCUT2D eigenvalue weighted by Crippen LogP contribution is -2.35. The zero-order valence-corrected chi connectivity index (χ0v) is 21.4. The molecule has 35 heavy (non-hydrogen) atoms. The number of nitrogens with zero attached hydrogens (tertiary/aromatic N) is 6. The third kappa shape index (κ3) is 5.40.